The van der Waals surface area contributed by atoms with Gasteiger partial charge < -0.3 is 10.6 Å². The summed E-state index contributed by atoms with van der Waals surface area (Å²) in [5, 5.41) is 6.78. The zero-order valence-electron chi connectivity index (χ0n) is 17.6. The molecule has 1 heterocycles. The van der Waals surface area contributed by atoms with E-state index in [1.807, 2.05) is 12.1 Å². The third kappa shape index (κ3) is 6.07. The first kappa shape index (κ1) is 24.4. The average molecular weight is 535 g/mol. The zero-order chi connectivity index (χ0) is 20.0. The Kier molecular flexibility index (Phi) is 9.21. The first-order valence-corrected chi connectivity index (χ1v) is 12.0. The van der Waals surface area contributed by atoms with Gasteiger partial charge in [-0.05, 0) is 55.2 Å². The van der Waals surface area contributed by atoms with Crippen LogP contribution in [0.25, 0.3) is 0 Å². The summed E-state index contributed by atoms with van der Waals surface area (Å²) < 4.78 is 27.1. The van der Waals surface area contributed by atoms with Gasteiger partial charge >= 0.3 is 0 Å². The summed E-state index contributed by atoms with van der Waals surface area (Å²) in [5.74, 6) is 0.796. The van der Waals surface area contributed by atoms with Crippen molar-refractivity contribution in [3.05, 3.63) is 29.8 Å². The van der Waals surface area contributed by atoms with E-state index in [4.69, 9.17) is 0 Å². The third-order valence-electron chi connectivity index (χ3n) is 6.35. The summed E-state index contributed by atoms with van der Waals surface area (Å²) >= 11 is 0. The maximum absolute atomic E-state index is 12.7. The highest BCUT2D eigenvalue weighted by Gasteiger charge is 2.34. The molecule has 0 atom stereocenters. The fourth-order valence-corrected chi connectivity index (χ4v) is 5.56. The number of guanidine groups is 1. The van der Waals surface area contributed by atoms with Gasteiger partial charge in [0.05, 0.1) is 4.90 Å². The maximum Gasteiger partial charge on any atom is 0.243 e. The minimum absolute atomic E-state index is 0. The highest BCUT2D eigenvalue weighted by Crippen LogP contribution is 2.42. The summed E-state index contributed by atoms with van der Waals surface area (Å²) in [7, 11) is -1.58. The predicted octanol–water partition coefficient (Wildman–Crippen LogP) is 3.72. The van der Waals surface area contributed by atoms with Gasteiger partial charge in [0.15, 0.2) is 5.96 Å². The Labute approximate surface area is 193 Å². The Morgan fingerprint density at radius 2 is 1.72 bits per heavy atom. The van der Waals surface area contributed by atoms with Crippen LogP contribution in [0.2, 0.25) is 0 Å². The van der Waals surface area contributed by atoms with Crippen LogP contribution in [0.15, 0.2) is 34.2 Å². The number of halogens is 1. The molecule has 0 bridgehead atoms. The first-order chi connectivity index (χ1) is 13.5. The smallest absolute Gasteiger partial charge is 0.243 e. The van der Waals surface area contributed by atoms with Gasteiger partial charge in [-0.1, -0.05) is 31.9 Å². The molecule has 0 spiro atoms. The van der Waals surface area contributed by atoms with Gasteiger partial charge in [0.2, 0.25) is 10.0 Å². The van der Waals surface area contributed by atoms with E-state index in [2.05, 4.69) is 22.5 Å². The van der Waals surface area contributed by atoms with Crippen LogP contribution >= 0.6 is 24.0 Å². The van der Waals surface area contributed by atoms with E-state index in [0.717, 1.165) is 37.3 Å². The van der Waals surface area contributed by atoms with Crippen molar-refractivity contribution in [2.24, 2.45) is 10.4 Å². The molecule has 1 aromatic carbocycles. The number of sulfonamides is 1. The Morgan fingerprint density at radius 3 is 2.24 bits per heavy atom. The van der Waals surface area contributed by atoms with Gasteiger partial charge in [-0.25, -0.2) is 8.42 Å². The topological polar surface area (TPSA) is 73.8 Å². The van der Waals surface area contributed by atoms with Gasteiger partial charge in [0.1, 0.15) is 0 Å². The molecular weight excluding hydrogens is 499 g/mol. The van der Waals surface area contributed by atoms with Crippen LogP contribution in [0.5, 0.6) is 0 Å². The molecule has 1 saturated heterocycles. The number of rotatable bonds is 7. The average Bonchev–Trinajstić information content (AvgIpc) is 2.70. The molecule has 29 heavy (non-hydrogen) atoms. The number of nitrogens with one attached hydrogen (secondary N) is 2. The third-order valence-corrected chi connectivity index (χ3v) is 8.27. The van der Waals surface area contributed by atoms with Crippen LogP contribution in [0.1, 0.15) is 57.4 Å². The molecule has 0 amide bonds. The molecule has 2 aliphatic rings. The quantitative estimate of drug-likeness (QED) is 0.318. The SMILES string of the molecule is CCC1(CNC(=NC)NCc2ccc(S(=O)(=O)N3CCCCC3)cc2)CCC1.I. The van der Waals surface area contributed by atoms with Gasteiger partial charge in [-0.3, -0.25) is 4.99 Å². The standard InChI is InChI=1S/C21H34N4O2S.HI/c1-3-21(12-7-13-21)17-24-20(22-2)23-16-18-8-10-19(11-9-18)28(26,27)25-14-5-4-6-15-25;/h8-11H,3-7,12-17H2,1-2H3,(H2,22,23,24);1H. The molecule has 8 heteroatoms. The largest absolute Gasteiger partial charge is 0.356 e. The van der Waals surface area contributed by atoms with Crippen molar-refractivity contribution in [2.45, 2.75) is 63.3 Å². The minimum atomic E-state index is -3.36. The predicted molar refractivity (Wildman–Crippen MR) is 129 cm³/mol. The van der Waals surface area contributed by atoms with Crippen molar-refractivity contribution in [3.8, 4) is 0 Å². The van der Waals surface area contributed by atoms with Crippen LogP contribution < -0.4 is 10.6 Å². The summed E-state index contributed by atoms with van der Waals surface area (Å²) in [4.78, 5) is 4.69. The molecule has 2 N–H and O–H groups in total. The van der Waals surface area contributed by atoms with Gasteiger partial charge in [0, 0.05) is 33.2 Å². The number of hydrogen-bond acceptors (Lipinski definition) is 3. The molecule has 1 aliphatic carbocycles. The molecule has 1 aliphatic heterocycles. The van der Waals surface area contributed by atoms with Crippen molar-refractivity contribution in [1.82, 2.24) is 14.9 Å². The molecule has 0 unspecified atom stereocenters. The molecular formula is C21H35IN4O2S. The van der Waals surface area contributed by atoms with Gasteiger partial charge in [0.25, 0.3) is 0 Å². The summed E-state index contributed by atoms with van der Waals surface area (Å²) in [5.41, 5.74) is 1.47. The molecule has 6 nitrogen and oxygen atoms in total. The summed E-state index contributed by atoms with van der Waals surface area (Å²) in [6.07, 6.45) is 8.13. The Hall–Kier alpha value is -0.870. The Morgan fingerprint density at radius 1 is 1.07 bits per heavy atom. The molecule has 0 aromatic heterocycles. The van der Waals surface area contributed by atoms with Crippen molar-refractivity contribution in [3.63, 3.8) is 0 Å². The van der Waals surface area contributed by atoms with Crippen molar-refractivity contribution in [1.29, 1.82) is 0 Å². The van der Waals surface area contributed by atoms with Crippen LogP contribution in [0, 0.1) is 5.41 Å². The summed E-state index contributed by atoms with van der Waals surface area (Å²) in [6.45, 7) is 5.09. The molecule has 1 aromatic rings. The lowest BCUT2D eigenvalue weighted by molar-refractivity contribution is 0.131. The lowest BCUT2D eigenvalue weighted by atomic mass is 9.67. The lowest BCUT2D eigenvalue weighted by Crippen LogP contribution is -2.46. The number of benzene rings is 1. The monoisotopic (exact) mass is 534 g/mol. The first-order valence-electron chi connectivity index (χ1n) is 10.5. The van der Waals surface area contributed by atoms with E-state index in [9.17, 15) is 8.42 Å². The normalized spacial score (nSPS) is 19.7. The minimum Gasteiger partial charge on any atom is -0.356 e. The number of hydrogen-bond donors (Lipinski definition) is 2. The van der Waals surface area contributed by atoms with Crippen LogP contribution in [-0.4, -0.2) is 45.4 Å². The summed E-state index contributed by atoms with van der Waals surface area (Å²) in [6, 6.07) is 7.21. The fraction of sp³-hybridized carbons (Fsp3) is 0.667. The number of nitrogens with zero attached hydrogens (tertiary/aromatic N) is 2. The highest BCUT2D eigenvalue weighted by atomic mass is 127. The van der Waals surface area contributed by atoms with E-state index in [-0.39, 0.29) is 24.0 Å². The van der Waals surface area contributed by atoms with Crippen LogP contribution in [0.3, 0.4) is 0 Å². The van der Waals surface area contributed by atoms with Crippen LogP contribution in [-0.2, 0) is 16.6 Å². The lowest BCUT2D eigenvalue weighted by Gasteiger charge is -2.41. The molecule has 2 fully saturated rings. The van der Waals surface area contributed by atoms with Crippen molar-refractivity contribution in [2.75, 3.05) is 26.7 Å². The molecule has 0 radical (unpaired) electrons. The second kappa shape index (κ2) is 10.9. The van der Waals surface area contributed by atoms with Gasteiger partial charge in [-0.15, -0.1) is 24.0 Å². The highest BCUT2D eigenvalue weighted by molar-refractivity contribution is 14.0. The van der Waals surface area contributed by atoms with Crippen molar-refractivity contribution < 1.29 is 8.42 Å². The van der Waals surface area contributed by atoms with Crippen LogP contribution in [0.4, 0.5) is 0 Å². The fourth-order valence-electron chi connectivity index (χ4n) is 4.04. The zero-order valence-corrected chi connectivity index (χ0v) is 20.8. The number of piperidine rings is 1. The molecule has 164 valence electrons. The second-order valence-electron chi connectivity index (χ2n) is 8.10. The van der Waals surface area contributed by atoms with E-state index in [1.165, 1.54) is 25.7 Å². The number of aliphatic imine (C=N–C) groups is 1. The van der Waals surface area contributed by atoms with E-state index in [0.29, 0.717) is 29.9 Å². The van der Waals surface area contributed by atoms with Gasteiger partial charge in [-0.2, -0.15) is 4.31 Å². The molecule has 3 rings (SSSR count). The Bertz CT molecular complexity index is 765. The van der Waals surface area contributed by atoms with E-state index < -0.39 is 10.0 Å². The van der Waals surface area contributed by atoms with E-state index >= 15 is 0 Å². The van der Waals surface area contributed by atoms with Crippen molar-refractivity contribution >= 4 is 40.0 Å². The molecule has 1 saturated carbocycles. The maximum atomic E-state index is 12.7. The second-order valence-corrected chi connectivity index (χ2v) is 10.0. The van der Waals surface area contributed by atoms with E-state index in [1.54, 1.807) is 23.5 Å². The Balaban J connectivity index is 0.00000300.